The Hall–Kier alpha value is -3.75. The zero-order chi connectivity index (χ0) is 24.7. The predicted octanol–water partition coefficient (Wildman–Crippen LogP) is 6.11. The lowest BCUT2D eigenvalue weighted by molar-refractivity contribution is -0.132. The Labute approximate surface area is 208 Å². The summed E-state index contributed by atoms with van der Waals surface area (Å²) < 4.78 is 19.8. The van der Waals surface area contributed by atoms with Crippen LogP contribution in [0.3, 0.4) is 0 Å². The number of aliphatic hydroxyl groups excluding tert-OH is 1. The number of Topliss-reactive ketones (excluding diaryl/α,β-unsaturated/α-hetero) is 1. The molecule has 0 bridgehead atoms. The zero-order valence-electron chi connectivity index (χ0n) is 18.4. The van der Waals surface area contributed by atoms with Crippen LogP contribution in [0.4, 0.5) is 9.52 Å². The molecule has 1 aromatic heterocycles. The Morgan fingerprint density at radius 2 is 1.83 bits per heavy atom. The molecule has 1 amide bonds. The zero-order valence-corrected chi connectivity index (χ0v) is 19.9. The van der Waals surface area contributed by atoms with Crippen molar-refractivity contribution in [2.24, 2.45) is 0 Å². The van der Waals surface area contributed by atoms with Crippen LogP contribution in [-0.4, -0.2) is 28.4 Å². The first-order chi connectivity index (χ1) is 16.9. The molecule has 176 valence electrons. The summed E-state index contributed by atoms with van der Waals surface area (Å²) in [4.78, 5) is 32.3. The van der Waals surface area contributed by atoms with Crippen molar-refractivity contribution in [3.8, 4) is 5.75 Å². The minimum Gasteiger partial charge on any atom is -0.507 e. The Bertz CT molecular complexity index is 1480. The highest BCUT2D eigenvalue weighted by Gasteiger charge is 2.48. The first-order valence-electron chi connectivity index (χ1n) is 10.7. The Kier molecular flexibility index (Phi) is 6.00. The van der Waals surface area contributed by atoms with Crippen LogP contribution >= 0.6 is 22.9 Å². The fraction of sp³-hybridized carbons (Fsp3) is 0.115. The maximum atomic E-state index is 13.8. The van der Waals surface area contributed by atoms with Crippen LogP contribution in [0, 0.1) is 5.82 Å². The molecule has 3 aromatic carbocycles. The molecule has 0 aliphatic carbocycles. The van der Waals surface area contributed by atoms with E-state index in [1.54, 1.807) is 48.5 Å². The minimum absolute atomic E-state index is 0.0769. The Morgan fingerprint density at radius 3 is 2.51 bits per heavy atom. The standard InChI is InChI=1S/C26H18ClFN2O4S/c1-2-34-18-10-5-14(6-11-18)22-21(23(31)15-3-7-16(27)8-4-15)24(32)25(33)30(22)26-29-19-12-9-17(28)13-20(19)35-26/h3-13,22,31H,2H2,1H3/b23-21+. The van der Waals surface area contributed by atoms with Gasteiger partial charge in [0.1, 0.15) is 17.3 Å². The molecule has 4 aromatic rings. The summed E-state index contributed by atoms with van der Waals surface area (Å²) in [6, 6.07) is 16.4. The minimum atomic E-state index is -0.952. The smallest absolute Gasteiger partial charge is 0.301 e. The van der Waals surface area contributed by atoms with Crippen molar-refractivity contribution in [3.63, 3.8) is 0 Å². The summed E-state index contributed by atoms with van der Waals surface area (Å²) in [5.74, 6) is -1.81. The molecule has 1 aliphatic rings. The third-order valence-corrected chi connectivity index (χ3v) is 6.88. The number of aromatic nitrogens is 1. The molecule has 5 rings (SSSR count). The Balaban J connectivity index is 1.70. The number of ether oxygens (including phenoxy) is 1. The number of hydrogen-bond donors (Lipinski definition) is 1. The van der Waals surface area contributed by atoms with Crippen LogP contribution in [0.1, 0.15) is 24.1 Å². The highest BCUT2D eigenvalue weighted by Crippen LogP contribution is 2.44. The number of fused-ring (bicyclic) bond motifs is 1. The molecule has 35 heavy (non-hydrogen) atoms. The third-order valence-electron chi connectivity index (χ3n) is 5.61. The number of rotatable bonds is 5. The summed E-state index contributed by atoms with van der Waals surface area (Å²) in [6.45, 7) is 2.35. The normalized spacial score (nSPS) is 17.3. The van der Waals surface area contributed by atoms with Gasteiger partial charge in [-0.2, -0.15) is 0 Å². The van der Waals surface area contributed by atoms with Gasteiger partial charge in [0.25, 0.3) is 5.78 Å². The summed E-state index contributed by atoms with van der Waals surface area (Å²) in [6.07, 6.45) is 0. The number of nitrogens with zero attached hydrogens (tertiary/aromatic N) is 2. The number of amides is 1. The molecule has 1 fully saturated rings. The molecule has 1 atom stereocenters. The quantitative estimate of drug-likeness (QED) is 0.200. The van der Waals surface area contributed by atoms with Crippen LogP contribution in [-0.2, 0) is 9.59 Å². The van der Waals surface area contributed by atoms with Crippen molar-refractivity contribution in [2.45, 2.75) is 13.0 Å². The first kappa shape index (κ1) is 23.0. The summed E-state index contributed by atoms with van der Waals surface area (Å²) >= 11 is 7.06. The van der Waals surface area contributed by atoms with Crippen LogP contribution in [0.5, 0.6) is 5.75 Å². The number of anilines is 1. The summed E-state index contributed by atoms with van der Waals surface area (Å²) in [5.41, 5.74) is 1.34. The molecule has 1 unspecified atom stereocenters. The molecular weight excluding hydrogens is 491 g/mol. The average molecular weight is 509 g/mol. The number of carbonyl (C=O) groups is 2. The Morgan fingerprint density at radius 1 is 1.11 bits per heavy atom. The van der Waals surface area contributed by atoms with Crippen LogP contribution < -0.4 is 9.64 Å². The summed E-state index contributed by atoms with van der Waals surface area (Å²) in [5, 5.41) is 11.8. The van der Waals surface area contributed by atoms with E-state index in [9.17, 15) is 19.1 Å². The van der Waals surface area contributed by atoms with E-state index in [0.717, 1.165) is 11.3 Å². The predicted molar refractivity (Wildman–Crippen MR) is 133 cm³/mol. The van der Waals surface area contributed by atoms with Crippen LogP contribution in [0.2, 0.25) is 5.02 Å². The number of ketones is 1. The van der Waals surface area contributed by atoms with Crippen LogP contribution in [0.25, 0.3) is 16.0 Å². The monoisotopic (exact) mass is 508 g/mol. The molecule has 9 heteroatoms. The number of aliphatic hydroxyl groups is 1. The van der Waals surface area contributed by atoms with Crippen LogP contribution in [0.15, 0.2) is 72.3 Å². The van der Waals surface area contributed by atoms with Gasteiger partial charge in [0.15, 0.2) is 5.13 Å². The lowest BCUT2D eigenvalue weighted by atomic mass is 9.95. The van der Waals surface area contributed by atoms with Gasteiger partial charge < -0.3 is 9.84 Å². The second-order valence-corrected chi connectivity index (χ2v) is 9.23. The molecule has 1 aliphatic heterocycles. The SMILES string of the molecule is CCOc1ccc(C2/C(=C(\O)c3ccc(Cl)cc3)C(=O)C(=O)N2c2nc3ccc(F)cc3s2)cc1. The van der Waals surface area contributed by atoms with Crippen molar-refractivity contribution in [3.05, 3.63) is 94.3 Å². The number of halogens is 2. The molecule has 1 saturated heterocycles. The van der Waals surface area contributed by atoms with Crippen molar-refractivity contribution in [2.75, 3.05) is 11.5 Å². The molecule has 0 spiro atoms. The average Bonchev–Trinajstić information content (AvgIpc) is 3.37. The maximum Gasteiger partial charge on any atom is 0.301 e. The van der Waals surface area contributed by atoms with Gasteiger partial charge in [-0.15, -0.1) is 0 Å². The van der Waals surface area contributed by atoms with Gasteiger partial charge in [0.05, 0.1) is 28.4 Å². The molecule has 0 saturated carbocycles. The number of thiazole rings is 1. The number of benzene rings is 3. The van der Waals surface area contributed by atoms with Gasteiger partial charge in [-0.1, -0.05) is 35.1 Å². The van der Waals surface area contributed by atoms with E-state index in [1.165, 1.54) is 23.1 Å². The van der Waals surface area contributed by atoms with Crippen molar-refractivity contribution >= 4 is 55.7 Å². The van der Waals surface area contributed by atoms with Crippen molar-refractivity contribution in [1.29, 1.82) is 0 Å². The van der Waals surface area contributed by atoms with E-state index in [-0.39, 0.29) is 16.5 Å². The molecular formula is C26H18ClFN2O4S. The van der Waals surface area contributed by atoms with E-state index in [2.05, 4.69) is 4.98 Å². The van der Waals surface area contributed by atoms with E-state index >= 15 is 0 Å². The topological polar surface area (TPSA) is 79.7 Å². The largest absolute Gasteiger partial charge is 0.507 e. The maximum absolute atomic E-state index is 13.8. The fourth-order valence-corrected chi connectivity index (χ4v) is 5.15. The van der Waals surface area contributed by atoms with Gasteiger partial charge >= 0.3 is 5.91 Å². The van der Waals surface area contributed by atoms with Gasteiger partial charge in [-0.05, 0) is 67.1 Å². The molecule has 6 nitrogen and oxygen atoms in total. The second kappa shape index (κ2) is 9.13. The van der Waals surface area contributed by atoms with Crippen molar-refractivity contribution < 1.29 is 23.8 Å². The van der Waals surface area contributed by atoms with Gasteiger partial charge in [-0.25, -0.2) is 9.37 Å². The molecule has 1 N–H and O–H groups in total. The molecule has 2 heterocycles. The number of carbonyl (C=O) groups excluding carboxylic acids is 2. The fourth-order valence-electron chi connectivity index (χ4n) is 4.01. The van der Waals surface area contributed by atoms with Crippen molar-refractivity contribution in [1.82, 2.24) is 4.98 Å². The highest BCUT2D eigenvalue weighted by molar-refractivity contribution is 7.22. The third kappa shape index (κ3) is 4.15. The van der Waals surface area contributed by atoms with E-state index < -0.39 is 23.5 Å². The van der Waals surface area contributed by atoms with Gasteiger partial charge in [0, 0.05) is 10.6 Å². The van der Waals surface area contributed by atoms with E-state index in [4.69, 9.17) is 16.3 Å². The van der Waals surface area contributed by atoms with Gasteiger partial charge in [0.2, 0.25) is 0 Å². The van der Waals surface area contributed by atoms with E-state index in [1.807, 2.05) is 6.92 Å². The lowest BCUT2D eigenvalue weighted by Gasteiger charge is -2.23. The number of hydrogen-bond acceptors (Lipinski definition) is 6. The first-order valence-corrected chi connectivity index (χ1v) is 11.9. The van der Waals surface area contributed by atoms with E-state index in [0.29, 0.717) is 38.7 Å². The highest BCUT2D eigenvalue weighted by atomic mass is 35.5. The second-order valence-electron chi connectivity index (χ2n) is 7.79. The van der Waals surface area contributed by atoms with Gasteiger partial charge in [-0.3, -0.25) is 14.5 Å². The lowest BCUT2D eigenvalue weighted by Crippen LogP contribution is -2.29. The summed E-state index contributed by atoms with van der Waals surface area (Å²) in [7, 11) is 0. The molecule has 0 radical (unpaired) electrons.